The summed E-state index contributed by atoms with van der Waals surface area (Å²) in [5.74, 6) is -0.127. The molecule has 27 heavy (non-hydrogen) atoms. The zero-order valence-electron chi connectivity index (χ0n) is 14.5. The highest BCUT2D eigenvalue weighted by Gasteiger charge is 2.11. The van der Waals surface area contributed by atoms with Gasteiger partial charge in [-0.05, 0) is 28.8 Å². The number of hydrogen-bond acceptors (Lipinski definition) is 1. The zero-order chi connectivity index (χ0) is 19.1. The third-order valence-corrected chi connectivity index (χ3v) is 4.86. The van der Waals surface area contributed by atoms with Crippen molar-refractivity contribution in [2.24, 2.45) is 0 Å². The minimum Gasteiger partial charge on any atom is -0.192 e. The quantitative estimate of drug-likeness (QED) is 0.452. The summed E-state index contributed by atoms with van der Waals surface area (Å²) in [7, 11) is 0. The summed E-state index contributed by atoms with van der Waals surface area (Å²) in [5, 5.41) is 10.3. The topological polar surface area (TPSA) is 23.8 Å². The molecule has 132 valence electrons. The average molecular weight is 390 g/mol. The summed E-state index contributed by atoms with van der Waals surface area (Å²) in [6, 6.07) is 29.2. The summed E-state index contributed by atoms with van der Waals surface area (Å²) in [6.45, 7) is 0. The molecular weight excluding hydrogens is 373 g/mol. The lowest BCUT2D eigenvalue weighted by Gasteiger charge is -2.12. The van der Waals surface area contributed by atoms with Crippen LogP contribution in [0.5, 0.6) is 0 Å². The van der Waals surface area contributed by atoms with Crippen LogP contribution in [0.3, 0.4) is 0 Å². The molecule has 0 aliphatic heterocycles. The molecule has 0 radical (unpaired) electrons. The van der Waals surface area contributed by atoms with E-state index in [1.807, 2.05) is 84.9 Å². The second-order valence-electron chi connectivity index (χ2n) is 6.02. The summed E-state index contributed by atoms with van der Waals surface area (Å²) in [6.07, 6.45) is 3.95. The molecule has 3 rings (SSSR count). The third kappa shape index (κ3) is 5.11. The number of benzene rings is 3. The normalized spacial score (nSPS) is 13.1. The van der Waals surface area contributed by atoms with E-state index in [1.54, 1.807) is 12.1 Å². The van der Waals surface area contributed by atoms with Crippen molar-refractivity contribution in [1.82, 2.24) is 0 Å². The van der Waals surface area contributed by atoms with Crippen LogP contribution in [0.2, 0.25) is 0 Å². The predicted octanol–water partition coefficient (Wildman–Crippen LogP) is 7.20. The first-order valence-corrected chi connectivity index (χ1v) is 9.28. The van der Waals surface area contributed by atoms with Gasteiger partial charge in [0.25, 0.3) is 0 Å². The Labute approximate surface area is 169 Å². The number of nitriles is 1. The van der Waals surface area contributed by atoms with E-state index in [1.165, 1.54) is 0 Å². The molecule has 0 saturated heterocycles. The van der Waals surface area contributed by atoms with Crippen molar-refractivity contribution in [3.8, 4) is 6.07 Å². The standard InChI is InChI=1S/C24H17Cl2N/c25-23(20-7-3-1-4-8-20)15-22(19-13-11-18(17-27)12-14-19)16-24(26)21-9-5-2-6-10-21/h1-16,22H/b23-15-,24-16+. The highest BCUT2D eigenvalue weighted by molar-refractivity contribution is 6.49. The number of hydrogen-bond donors (Lipinski definition) is 0. The number of allylic oxidation sites excluding steroid dienone is 2. The van der Waals surface area contributed by atoms with Crippen molar-refractivity contribution in [2.75, 3.05) is 0 Å². The van der Waals surface area contributed by atoms with Gasteiger partial charge in [0.15, 0.2) is 0 Å². The lowest BCUT2D eigenvalue weighted by atomic mass is 9.95. The predicted molar refractivity (Wildman–Crippen MR) is 114 cm³/mol. The number of halogens is 2. The molecule has 0 bridgehead atoms. The molecule has 0 aliphatic rings. The Kier molecular flexibility index (Phi) is 6.49. The summed E-state index contributed by atoms with van der Waals surface area (Å²) >= 11 is 13.2. The lowest BCUT2D eigenvalue weighted by molar-refractivity contribution is 1.09. The van der Waals surface area contributed by atoms with Crippen molar-refractivity contribution < 1.29 is 0 Å². The molecule has 0 N–H and O–H groups in total. The van der Waals surface area contributed by atoms with E-state index in [2.05, 4.69) is 6.07 Å². The Balaban J connectivity index is 2.02. The molecule has 0 aromatic heterocycles. The van der Waals surface area contributed by atoms with Crippen LogP contribution >= 0.6 is 23.2 Å². The van der Waals surface area contributed by atoms with E-state index >= 15 is 0 Å². The largest absolute Gasteiger partial charge is 0.192 e. The monoisotopic (exact) mass is 389 g/mol. The fourth-order valence-corrected chi connectivity index (χ4v) is 3.25. The number of rotatable bonds is 5. The maximum absolute atomic E-state index is 9.04. The molecule has 0 aliphatic carbocycles. The second-order valence-corrected chi connectivity index (χ2v) is 6.84. The van der Waals surface area contributed by atoms with E-state index in [0.29, 0.717) is 15.6 Å². The molecule has 3 aromatic carbocycles. The molecule has 1 unspecified atom stereocenters. The van der Waals surface area contributed by atoms with Crippen LogP contribution in [-0.2, 0) is 0 Å². The zero-order valence-corrected chi connectivity index (χ0v) is 16.0. The molecule has 0 saturated carbocycles. The van der Waals surface area contributed by atoms with Crippen LogP contribution in [0, 0.1) is 11.3 Å². The van der Waals surface area contributed by atoms with Crippen molar-refractivity contribution in [3.05, 3.63) is 119 Å². The summed E-state index contributed by atoms with van der Waals surface area (Å²) in [5.41, 5.74) is 3.52. The number of nitrogens with zero attached hydrogens (tertiary/aromatic N) is 1. The Bertz CT molecular complexity index is 927. The van der Waals surface area contributed by atoms with Crippen molar-refractivity contribution in [2.45, 2.75) is 5.92 Å². The van der Waals surface area contributed by atoms with Gasteiger partial charge in [-0.1, -0.05) is 108 Å². The summed E-state index contributed by atoms with van der Waals surface area (Å²) < 4.78 is 0. The van der Waals surface area contributed by atoms with E-state index < -0.39 is 0 Å². The second kappa shape index (κ2) is 9.24. The van der Waals surface area contributed by atoms with Crippen LogP contribution in [0.1, 0.15) is 28.2 Å². The van der Waals surface area contributed by atoms with Crippen LogP contribution in [0.15, 0.2) is 97.1 Å². The molecule has 0 heterocycles. The van der Waals surface area contributed by atoms with Crippen LogP contribution in [0.4, 0.5) is 0 Å². The van der Waals surface area contributed by atoms with Crippen LogP contribution < -0.4 is 0 Å². The lowest BCUT2D eigenvalue weighted by Crippen LogP contribution is -1.94. The van der Waals surface area contributed by atoms with E-state index in [0.717, 1.165) is 16.7 Å². The van der Waals surface area contributed by atoms with E-state index in [4.69, 9.17) is 28.5 Å². The molecule has 1 atom stereocenters. The Morgan fingerprint density at radius 1 is 0.704 bits per heavy atom. The van der Waals surface area contributed by atoms with E-state index in [-0.39, 0.29) is 5.92 Å². The molecule has 0 spiro atoms. The molecule has 1 nitrogen and oxygen atoms in total. The van der Waals surface area contributed by atoms with E-state index in [9.17, 15) is 0 Å². The van der Waals surface area contributed by atoms with Gasteiger partial charge in [0.1, 0.15) is 0 Å². The van der Waals surface area contributed by atoms with Crippen LogP contribution in [-0.4, -0.2) is 0 Å². The Morgan fingerprint density at radius 3 is 1.56 bits per heavy atom. The maximum atomic E-state index is 9.04. The van der Waals surface area contributed by atoms with Gasteiger partial charge in [-0.15, -0.1) is 0 Å². The fourth-order valence-electron chi connectivity index (χ4n) is 2.72. The highest BCUT2D eigenvalue weighted by atomic mass is 35.5. The minimum atomic E-state index is -0.127. The first-order chi connectivity index (χ1) is 13.2. The molecule has 0 fully saturated rings. The third-order valence-electron chi connectivity index (χ3n) is 4.18. The summed E-state index contributed by atoms with van der Waals surface area (Å²) in [4.78, 5) is 0. The first-order valence-electron chi connectivity index (χ1n) is 8.53. The van der Waals surface area contributed by atoms with Gasteiger partial charge in [0, 0.05) is 16.0 Å². The van der Waals surface area contributed by atoms with Gasteiger partial charge in [-0.3, -0.25) is 0 Å². The van der Waals surface area contributed by atoms with Crippen molar-refractivity contribution in [1.29, 1.82) is 5.26 Å². The highest BCUT2D eigenvalue weighted by Crippen LogP contribution is 2.31. The average Bonchev–Trinajstić information content (AvgIpc) is 2.74. The van der Waals surface area contributed by atoms with Gasteiger partial charge in [0.2, 0.25) is 0 Å². The first kappa shape index (κ1) is 19.0. The molecular formula is C24H17Cl2N. The fraction of sp³-hybridized carbons (Fsp3) is 0.0417. The molecule has 0 amide bonds. The van der Waals surface area contributed by atoms with Gasteiger partial charge in [-0.25, -0.2) is 0 Å². The van der Waals surface area contributed by atoms with Gasteiger partial charge in [0.05, 0.1) is 11.6 Å². The smallest absolute Gasteiger partial charge is 0.0991 e. The van der Waals surface area contributed by atoms with Gasteiger partial charge < -0.3 is 0 Å². The van der Waals surface area contributed by atoms with Gasteiger partial charge >= 0.3 is 0 Å². The molecule has 3 aromatic rings. The van der Waals surface area contributed by atoms with Crippen molar-refractivity contribution >= 4 is 33.3 Å². The Hall–Kier alpha value is -2.79. The maximum Gasteiger partial charge on any atom is 0.0991 e. The van der Waals surface area contributed by atoms with Crippen molar-refractivity contribution in [3.63, 3.8) is 0 Å². The minimum absolute atomic E-state index is 0.127. The SMILES string of the molecule is N#Cc1ccc(C(/C=C(\Cl)c2ccccc2)/C=C(/Cl)c2ccccc2)cc1. The Morgan fingerprint density at radius 2 is 1.15 bits per heavy atom. The van der Waals surface area contributed by atoms with Gasteiger partial charge in [-0.2, -0.15) is 5.26 Å². The van der Waals surface area contributed by atoms with Crippen LogP contribution in [0.25, 0.3) is 10.1 Å². The molecule has 3 heteroatoms.